The highest BCUT2D eigenvalue weighted by Crippen LogP contribution is 2.33. The van der Waals surface area contributed by atoms with Crippen LogP contribution >= 0.6 is 0 Å². The standard InChI is InChI=1S/C25H25FN2O2/c1-17-3-2-4-18(13-17)14-19-15-24(25(27)29)28(16-19)21-7-11-23(12-8-21)30-22-9-5-20(26)6-10-22/h2-13,19,24H,14-16H2,1H3,(H2,27,29). The van der Waals surface area contributed by atoms with Crippen LogP contribution in [-0.2, 0) is 11.2 Å². The van der Waals surface area contributed by atoms with Crippen LogP contribution in [0.4, 0.5) is 10.1 Å². The third-order valence-electron chi connectivity index (χ3n) is 5.54. The SMILES string of the molecule is Cc1cccc(CC2CC(C(N)=O)N(c3ccc(Oc4ccc(F)cc4)cc3)C2)c1. The average Bonchev–Trinajstić information content (AvgIpc) is 3.14. The molecule has 1 amide bonds. The van der Waals surface area contributed by atoms with Crippen LogP contribution in [0.2, 0.25) is 0 Å². The molecule has 2 atom stereocenters. The normalized spacial score (nSPS) is 18.4. The van der Waals surface area contributed by atoms with Crippen LogP contribution < -0.4 is 15.4 Å². The molecule has 0 aliphatic carbocycles. The molecule has 154 valence electrons. The first-order valence-corrected chi connectivity index (χ1v) is 10.1. The second-order valence-corrected chi connectivity index (χ2v) is 7.92. The Morgan fingerprint density at radius 2 is 1.73 bits per heavy atom. The number of hydrogen-bond donors (Lipinski definition) is 1. The zero-order chi connectivity index (χ0) is 21.1. The molecule has 0 bridgehead atoms. The van der Waals surface area contributed by atoms with E-state index in [1.807, 2.05) is 24.3 Å². The van der Waals surface area contributed by atoms with Crippen molar-refractivity contribution in [3.8, 4) is 11.5 Å². The summed E-state index contributed by atoms with van der Waals surface area (Å²) in [5, 5.41) is 0. The molecular weight excluding hydrogens is 379 g/mol. The lowest BCUT2D eigenvalue weighted by molar-refractivity contribution is -0.119. The molecular formula is C25H25FN2O2. The number of rotatable bonds is 6. The Hall–Kier alpha value is -3.34. The number of benzene rings is 3. The number of ether oxygens (including phenoxy) is 1. The van der Waals surface area contributed by atoms with Crippen molar-refractivity contribution in [3.05, 3.63) is 89.7 Å². The van der Waals surface area contributed by atoms with Gasteiger partial charge in [-0.2, -0.15) is 0 Å². The molecule has 4 nitrogen and oxygen atoms in total. The van der Waals surface area contributed by atoms with Crippen LogP contribution in [-0.4, -0.2) is 18.5 Å². The minimum absolute atomic E-state index is 0.298. The van der Waals surface area contributed by atoms with Gasteiger partial charge in [-0.05, 0) is 79.8 Å². The maximum atomic E-state index is 13.0. The predicted molar refractivity (Wildman–Crippen MR) is 116 cm³/mol. The fraction of sp³-hybridized carbons (Fsp3) is 0.240. The van der Waals surface area contributed by atoms with Gasteiger partial charge in [-0.15, -0.1) is 0 Å². The Morgan fingerprint density at radius 3 is 2.37 bits per heavy atom. The quantitative estimate of drug-likeness (QED) is 0.639. The topological polar surface area (TPSA) is 55.6 Å². The van der Waals surface area contributed by atoms with Gasteiger partial charge in [0.1, 0.15) is 23.4 Å². The number of aryl methyl sites for hydroxylation is 1. The molecule has 1 heterocycles. The van der Waals surface area contributed by atoms with Crippen LogP contribution in [0.1, 0.15) is 17.5 Å². The molecule has 4 rings (SSSR count). The summed E-state index contributed by atoms with van der Waals surface area (Å²) in [7, 11) is 0. The van der Waals surface area contributed by atoms with Crippen molar-refractivity contribution in [2.45, 2.75) is 25.8 Å². The molecule has 2 unspecified atom stereocenters. The number of anilines is 1. The van der Waals surface area contributed by atoms with Gasteiger partial charge in [0, 0.05) is 12.2 Å². The number of amides is 1. The van der Waals surface area contributed by atoms with Crippen molar-refractivity contribution in [1.82, 2.24) is 0 Å². The molecule has 1 saturated heterocycles. The lowest BCUT2D eigenvalue weighted by atomic mass is 9.96. The van der Waals surface area contributed by atoms with Crippen LogP contribution in [0, 0.1) is 18.7 Å². The van der Waals surface area contributed by atoms with Crippen LogP contribution in [0.15, 0.2) is 72.8 Å². The van der Waals surface area contributed by atoms with Gasteiger partial charge < -0.3 is 15.4 Å². The summed E-state index contributed by atoms with van der Waals surface area (Å²) in [5.41, 5.74) is 9.18. The van der Waals surface area contributed by atoms with Gasteiger partial charge in [-0.1, -0.05) is 29.8 Å². The van der Waals surface area contributed by atoms with E-state index in [-0.39, 0.29) is 17.8 Å². The van der Waals surface area contributed by atoms with Gasteiger partial charge in [0.2, 0.25) is 5.91 Å². The lowest BCUT2D eigenvalue weighted by Crippen LogP contribution is -2.40. The largest absolute Gasteiger partial charge is 0.457 e. The van der Waals surface area contributed by atoms with E-state index in [1.54, 1.807) is 12.1 Å². The molecule has 0 radical (unpaired) electrons. The molecule has 1 fully saturated rings. The monoisotopic (exact) mass is 404 g/mol. The van der Waals surface area contributed by atoms with Crippen molar-refractivity contribution in [2.24, 2.45) is 11.7 Å². The minimum Gasteiger partial charge on any atom is -0.457 e. The third kappa shape index (κ3) is 4.62. The molecule has 5 heteroatoms. The fourth-order valence-electron chi connectivity index (χ4n) is 4.14. The summed E-state index contributed by atoms with van der Waals surface area (Å²) in [5.74, 6) is 0.979. The number of carbonyl (C=O) groups is 1. The van der Waals surface area contributed by atoms with Gasteiger partial charge in [-0.25, -0.2) is 4.39 Å². The van der Waals surface area contributed by atoms with Crippen molar-refractivity contribution >= 4 is 11.6 Å². The molecule has 0 spiro atoms. The van der Waals surface area contributed by atoms with Gasteiger partial charge in [0.05, 0.1) is 0 Å². The Labute approximate surface area is 176 Å². The highest BCUT2D eigenvalue weighted by atomic mass is 19.1. The second-order valence-electron chi connectivity index (χ2n) is 7.92. The van der Waals surface area contributed by atoms with E-state index in [1.165, 1.54) is 23.3 Å². The molecule has 0 saturated carbocycles. The second kappa shape index (κ2) is 8.57. The van der Waals surface area contributed by atoms with Crippen molar-refractivity contribution in [1.29, 1.82) is 0 Å². The van der Waals surface area contributed by atoms with E-state index in [2.05, 4.69) is 36.1 Å². The first kappa shape index (κ1) is 20.0. The smallest absolute Gasteiger partial charge is 0.240 e. The van der Waals surface area contributed by atoms with Crippen molar-refractivity contribution < 1.29 is 13.9 Å². The first-order chi connectivity index (χ1) is 14.5. The van der Waals surface area contributed by atoms with Crippen molar-refractivity contribution in [3.63, 3.8) is 0 Å². The molecule has 0 aromatic heterocycles. The number of nitrogens with two attached hydrogens (primary N) is 1. The average molecular weight is 404 g/mol. The summed E-state index contributed by atoms with van der Waals surface area (Å²) in [6, 6.07) is 21.6. The highest BCUT2D eigenvalue weighted by molar-refractivity contribution is 5.84. The summed E-state index contributed by atoms with van der Waals surface area (Å²) in [6.45, 7) is 2.87. The molecule has 3 aromatic rings. The van der Waals surface area contributed by atoms with E-state index in [4.69, 9.17) is 10.5 Å². The minimum atomic E-state index is -0.316. The number of carbonyl (C=O) groups excluding carboxylic acids is 1. The molecule has 1 aliphatic rings. The van der Waals surface area contributed by atoms with Gasteiger partial charge >= 0.3 is 0 Å². The van der Waals surface area contributed by atoms with E-state index in [9.17, 15) is 9.18 Å². The predicted octanol–water partition coefficient (Wildman–Crippen LogP) is 4.85. The molecule has 3 aromatic carbocycles. The third-order valence-corrected chi connectivity index (χ3v) is 5.54. The Bertz CT molecular complexity index is 1020. The number of hydrogen-bond acceptors (Lipinski definition) is 3. The Morgan fingerprint density at radius 1 is 1.07 bits per heavy atom. The molecule has 30 heavy (non-hydrogen) atoms. The van der Waals surface area contributed by atoms with E-state index >= 15 is 0 Å². The molecule has 2 N–H and O–H groups in total. The maximum absolute atomic E-state index is 13.0. The lowest BCUT2D eigenvalue weighted by Gasteiger charge is -2.24. The highest BCUT2D eigenvalue weighted by Gasteiger charge is 2.35. The van der Waals surface area contributed by atoms with Crippen molar-refractivity contribution in [2.75, 3.05) is 11.4 Å². The maximum Gasteiger partial charge on any atom is 0.240 e. The van der Waals surface area contributed by atoms with Gasteiger partial charge in [0.15, 0.2) is 0 Å². The van der Waals surface area contributed by atoms with Crippen LogP contribution in [0.3, 0.4) is 0 Å². The number of primary amides is 1. The number of halogens is 1. The Balaban J connectivity index is 1.47. The zero-order valence-electron chi connectivity index (χ0n) is 16.9. The summed E-state index contributed by atoms with van der Waals surface area (Å²) in [6.07, 6.45) is 1.67. The summed E-state index contributed by atoms with van der Waals surface area (Å²) < 4.78 is 18.8. The summed E-state index contributed by atoms with van der Waals surface area (Å²) >= 11 is 0. The van der Waals surface area contributed by atoms with Crippen LogP contribution in [0.25, 0.3) is 0 Å². The van der Waals surface area contributed by atoms with Gasteiger partial charge in [0.25, 0.3) is 0 Å². The van der Waals surface area contributed by atoms with E-state index in [0.717, 1.165) is 25.1 Å². The zero-order valence-corrected chi connectivity index (χ0v) is 16.9. The summed E-state index contributed by atoms with van der Waals surface area (Å²) in [4.78, 5) is 14.2. The molecule has 1 aliphatic heterocycles. The fourth-order valence-corrected chi connectivity index (χ4v) is 4.14. The number of nitrogens with zero attached hydrogens (tertiary/aromatic N) is 1. The van der Waals surface area contributed by atoms with Gasteiger partial charge in [-0.3, -0.25) is 4.79 Å². The van der Waals surface area contributed by atoms with Crippen LogP contribution in [0.5, 0.6) is 11.5 Å². The van der Waals surface area contributed by atoms with E-state index in [0.29, 0.717) is 17.4 Å². The Kier molecular flexibility index (Phi) is 5.70. The van der Waals surface area contributed by atoms with E-state index < -0.39 is 0 Å². The first-order valence-electron chi connectivity index (χ1n) is 10.1.